The third-order valence-electron chi connectivity index (χ3n) is 2.78. The van der Waals surface area contributed by atoms with E-state index in [9.17, 15) is 14.1 Å². The van der Waals surface area contributed by atoms with Gasteiger partial charge < -0.3 is 10.0 Å². The maximum absolute atomic E-state index is 12.3. The number of hydrogen-bond donors (Lipinski definition) is 1. The number of benzene rings is 1. The summed E-state index contributed by atoms with van der Waals surface area (Å²) >= 11 is 0. The average molecular weight is 283 g/mol. The number of carbonyl (C=O) groups excluding carboxylic acids is 1. The van der Waals surface area contributed by atoms with E-state index in [-0.39, 0.29) is 11.9 Å². The minimum atomic E-state index is -1.04. The second-order valence-electron chi connectivity index (χ2n) is 4.88. The fraction of sp³-hybridized carbons (Fsp3) is 0.500. The summed E-state index contributed by atoms with van der Waals surface area (Å²) in [7, 11) is -1.04. The first-order valence-electron chi connectivity index (χ1n) is 6.25. The van der Waals surface area contributed by atoms with Crippen molar-refractivity contribution in [2.24, 2.45) is 0 Å². The summed E-state index contributed by atoms with van der Waals surface area (Å²) in [6, 6.07) is 6.77. The molecule has 0 aromatic heterocycles. The molecule has 1 rings (SSSR count). The summed E-state index contributed by atoms with van der Waals surface area (Å²) in [4.78, 5) is 14.7. The van der Waals surface area contributed by atoms with Gasteiger partial charge in [0.1, 0.15) is 0 Å². The third kappa shape index (κ3) is 4.44. The molecule has 4 nitrogen and oxygen atoms in total. The van der Waals surface area contributed by atoms with E-state index in [0.29, 0.717) is 17.0 Å². The summed E-state index contributed by atoms with van der Waals surface area (Å²) in [6.07, 6.45) is 1.04. The number of amides is 1. The first kappa shape index (κ1) is 15.9. The molecular formula is C14H21NO3S. The van der Waals surface area contributed by atoms with Crippen LogP contribution in [0.3, 0.4) is 0 Å². The van der Waals surface area contributed by atoms with Crippen molar-refractivity contribution in [3.63, 3.8) is 0 Å². The van der Waals surface area contributed by atoms with Crippen LogP contribution in [-0.2, 0) is 10.8 Å². The maximum Gasteiger partial charge on any atom is 0.254 e. The molecule has 1 aromatic rings. The lowest BCUT2D eigenvalue weighted by Crippen LogP contribution is -2.41. The number of carbonyl (C=O) groups is 1. The van der Waals surface area contributed by atoms with E-state index >= 15 is 0 Å². The molecular weight excluding hydrogens is 262 g/mol. The summed E-state index contributed by atoms with van der Waals surface area (Å²) < 4.78 is 11.3. The molecule has 19 heavy (non-hydrogen) atoms. The molecule has 0 spiro atoms. The summed E-state index contributed by atoms with van der Waals surface area (Å²) in [5.74, 6) is -0.121. The van der Waals surface area contributed by atoms with Crippen LogP contribution in [0.5, 0.6) is 0 Å². The molecule has 0 fully saturated rings. The van der Waals surface area contributed by atoms with Crippen molar-refractivity contribution < 1.29 is 14.1 Å². The first-order valence-corrected chi connectivity index (χ1v) is 7.81. The van der Waals surface area contributed by atoms with Gasteiger partial charge in [-0.15, -0.1) is 0 Å². The van der Waals surface area contributed by atoms with Crippen LogP contribution in [0.2, 0.25) is 0 Å². The number of nitrogens with zero attached hydrogens (tertiary/aromatic N) is 1. The predicted octanol–water partition coefficient (Wildman–Crippen LogP) is 1.66. The molecule has 2 atom stereocenters. The highest BCUT2D eigenvalue weighted by Crippen LogP contribution is 2.12. The monoisotopic (exact) mass is 283 g/mol. The van der Waals surface area contributed by atoms with Gasteiger partial charge in [0.25, 0.3) is 5.91 Å². The molecule has 0 saturated carbocycles. The van der Waals surface area contributed by atoms with Gasteiger partial charge in [0, 0.05) is 40.1 Å². The lowest BCUT2D eigenvalue weighted by molar-refractivity contribution is 0.0578. The molecule has 1 amide bonds. The Kier molecular flexibility index (Phi) is 5.69. The molecule has 1 aromatic carbocycles. The highest BCUT2D eigenvalue weighted by molar-refractivity contribution is 7.84. The Balaban J connectivity index is 2.93. The van der Waals surface area contributed by atoms with Crippen molar-refractivity contribution in [3.8, 4) is 0 Å². The summed E-state index contributed by atoms with van der Waals surface area (Å²) in [5.41, 5.74) is 0.545. The summed E-state index contributed by atoms with van der Waals surface area (Å²) in [6.45, 7) is 5.79. The first-order chi connectivity index (χ1) is 8.82. The normalized spacial score (nSPS) is 14.2. The lowest BCUT2D eigenvalue weighted by atomic mass is 10.1. The molecule has 0 heterocycles. The van der Waals surface area contributed by atoms with Gasteiger partial charge in [-0.05, 0) is 45.0 Å². The van der Waals surface area contributed by atoms with Crippen molar-refractivity contribution in [2.75, 3.05) is 12.8 Å². The number of aliphatic hydroxyl groups is 1. The van der Waals surface area contributed by atoms with Gasteiger partial charge >= 0.3 is 0 Å². The van der Waals surface area contributed by atoms with Crippen LogP contribution in [-0.4, -0.2) is 45.1 Å². The average Bonchev–Trinajstić information content (AvgIpc) is 2.34. The van der Waals surface area contributed by atoms with Crippen LogP contribution in [0, 0.1) is 0 Å². The molecule has 5 heteroatoms. The summed E-state index contributed by atoms with van der Waals surface area (Å²) in [5, 5.41) is 9.45. The van der Waals surface area contributed by atoms with Gasteiger partial charge in [0.15, 0.2) is 0 Å². The minimum Gasteiger partial charge on any atom is -0.392 e. The Morgan fingerprint density at radius 3 is 2.16 bits per heavy atom. The van der Waals surface area contributed by atoms with Crippen molar-refractivity contribution in [1.82, 2.24) is 4.90 Å². The van der Waals surface area contributed by atoms with Crippen LogP contribution in [0.1, 0.15) is 31.1 Å². The Morgan fingerprint density at radius 1 is 1.26 bits per heavy atom. The van der Waals surface area contributed by atoms with Crippen molar-refractivity contribution in [2.45, 2.75) is 37.8 Å². The molecule has 106 valence electrons. The van der Waals surface area contributed by atoms with Gasteiger partial charge in [-0.1, -0.05) is 0 Å². The fourth-order valence-electron chi connectivity index (χ4n) is 1.77. The zero-order valence-electron chi connectivity index (χ0n) is 11.8. The third-order valence-corrected chi connectivity index (χ3v) is 3.71. The SMILES string of the molecule is CC(O)CN(C(=O)c1ccc(S(C)=O)cc1)C(C)C. The van der Waals surface area contributed by atoms with Crippen molar-refractivity contribution >= 4 is 16.7 Å². The van der Waals surface area contributed by atoms with Crippen LogP contribution in [0.15, 0.2) is 29.2 Å². The topological polar surface area (TPSA) is 57.6 Å². The van der Waals surface area contributed by atoms with E-state index in [1.165, 1.54) is 0 Å². The number of rotatable bonds is 5. The predicted molar refractivity (Wildman–Crippen MR) is 76.6 cm³/mol. The highest BCUT2D eigenvalue weighted by Gasteiger charge is 2.20. The quantitative estimate of drug-likeness (QED) is 0.894. The lowest BCUT2D eigenvalue weighted by Gasteiger charge is -2.28. The van der Waals surface area contributed by atoms with Gasteiger partial charge in [0.2, 0.25) is 0 Å². The smallest absolute Gasteiger partial charge is 0.254 e. The second-order valence-corrected chi connectivity index (χ2v) is 6.26. The Bertz CT molecular complexity index is 454. The molecule has 0 aliphatic carbocycles. The van der Waals surface area contributed by atoms with Gasteiger partial charge in [-0.3, -0.25) is 9.00 Å². The highest BCUT2D eigenvalue weighted by atomic mass is 32.2. The van der Waals surface area contributed by atoms with E-state index in [2.05, 4.69) is 0 Å². The molecule has 0 saturated heterocycles. The standard InChI is InChI=1S/C14H21NO3S/c1-10(2)15(9-11(3)16)14(17)12-5-7-13(8-6-12)19(4)18/h5-8,10-11,16H,9H2,1-4H3. The minimum absolute atomic E-state index is 0.0158. The van der Waals surface area contributed by atoms with Gasteiger partial charge in [-0.25, -0.2) is 0 Å². The zero-order chi connectivity index (χ0) is 14.6. The molecule has 0 aliphatic rings. The van der Waals surface area contributed by atoms with Crippen LogP contribution in [0.4, 0.5) is 0 Å². The number of aliphatic hydroxyl groups excluding tert-OH is 1. The molecule has 0 bridgehead atoms. The maximum atomic E-state index is 12.3. The van der Waals surface area contributed by atoms with Gasteiger partial charge in [-0.2, -0.15) is 0 Å². The van der Waals surface area contributed by atoms with Gasteiger partial charge in [0.05, 0.1) is 6.10 Å². The zero-order valence-corrected chi connectivity index (χ0v) is 12.6. The fourth-order valence-corrected chi connectivity index (χ4v) is 2.29. The molecule has 0 radical (unpaired) electrons. The van der Waals surface area contributed by atoms with E-state index in [0.717, 1.165) is 0 Å². The van der Waals surface area contributed by atoms with Crippen LogP contribution < -0.4 is 0 Å². The largest absolute Gasteiger partial charge is 0.392 e. The second kappa shape index (κ2) is 6.82. The molecule has 0 aliphatic heterocycles. The van der Waals surface area contributed by atoms with Crippen molar-refractivity contribution in [3.05, 3.63) is 29.8 Å². The van der Waals surface area contributed by atoms with E-state index < -0.39 is 16.9 Å². The number of hydrogen-bond acceptors (Lipinski definition) is 3. The van der Waals surface area contributed by atoms with Crippen molar-refractivity contribution in [1.29, 1.82) is 0 Å². The molecule has 2 unspecified atom stereocenters. The van der Waals surface area contributed by atoms with Crippen LogP contribution in [0.25, 0.3) is 0 Å². The Hall–Kier alpha value is -1.20. The molecule has 1 N–H and O–H groups in total. The Morgan fingerprint density at radius 2 is 1.79 bits per heavy atom. The van der Waals surface area contributed by atoms with E-state index in [1.54, 1.807) is 42.3 Å². The van der Waals surface area contributed by atoms with E-state index in [1.807, 2.05) is 13.8 Å². The van der Waals surface area contributed by atoms with E-state index in [4.69, 9.17) is 0 Å². The Labute approximate surface area is 116 Å². The van der Waals surface area contributed by atoms with Crippen LogP contribution >= 0.6 is 0 Å².